The summed E-state index contributed by atoms with van der Waals surface area (Å²) in [4.78, 5) is 4.73. The number of aromatic nitrogens is 1. The molecule has 0 spiro atoms. The van der Waals surface area contributed by atoms with Crippen LogP contribution in [0.15, 0.2) is 5.38 Å². The summed E-state index contributed by atoms with van der Waals surface area (Å²) in [5.74, 6) is 0.798. The minimum Gasteiger partial charge on any atom is -0.314 e. The van der Waals surface area contributed by atoms with E-state index in [1.807, 2.05) is 11.3 Å². The standard InChI is InChI=1S/C12H18N2S/c1-2-9(3-1)11-8-15-12(14-11)6-7-13-10-4-5-10/h8-10,13H,1-7H2. The molecule has 2 aliphatic rings. The van der Waals surface area contributed by atoms with Crippen LogP contribution >= 0.6 is 11.3 Å². The molecule has 2 aliphatic carbocycles. The van der Waals surface area contributed by atoms with Crippen molar-refractivity contribution in [3.05, 3.63) is 16.1 Å². The smallest absolute Gasteiger partial charge is 0.0941 e. The number of thiazole rings is 1. The lowest BCUT2D eigenvalue weighted by Gasteiger charge is -2.22. The molecule has 2 saturated carbocycles. The quantitative estimate of drug-likeness (QED) is 0.828. The fourth-order valence-electron chi connectivity index (χ4n) is 2.00. The van der Waals surface area contributed by atoms with E-state index >= 15 is 0 Å². The third-order valence-corrected chi connectivity index (χ3v) is 4.37. The van der Waals surface area contributed by atoms with Crippen LogP contribution in [0.5, 0.6) is 0 Å². The molecule has 0 bridgehead atoms. The number of hydrogen-bond donors (Lipinski definition) is 1. The minimum atomic E-state index is 0.798. The van der Waals surface area contributed by atoms with Gasteiger partial charge in [0, 0.05) is 30.3 Å². The topological polar surface area (TPSA) is 24.9 Å². The summed E-state index contributed by atoms with van der Waals surface area (Å²) in [6, 6.07) is 0.830. The lowest BCUT2D eigenvalue weighted by Crippen LogP contribution is -2.19. The molecule has 1 aromatic heterocycles. The van der Waals surface area contributed by atoms with Crippen LogP contribution < -0.4 is 5.32 Å². The van der Waals surface area contributed by atoms with Crippen LogP contribution in [0.3, 0.4) is 0 Å². The van der Waals surface area contributed by atoms with Crippen molar-refractivity contribution >= 4 is 11.3 Å². The van der Waals surface area contributed by atoms with Crippen molar-refractivity contribution in [2.75, 3.05) is 6.54 Å². The van der Waals surface area contributed by atoms with E-state index in [1.165, 1.54) is 42.8 Å². The SMILES string of the molecule is c1sc(CCNC2CC2)nc1C1CCC1. The molecular weight excluding hydrogens is 204 g/mol. The van der Waals surface area contributed by atoms with Crippen LogP contribution in [0.2, 0.25) is 0 Å². The maximum atomic E-state index is 4.73. The molecule has 0 unspecified atom stereocenters. The van der Waals surface area contributed by atoms with Crippen LogP contribution in [0.25, 0.3) is 0 Å². The van der Waals surface area contributed by atoms with E-state index in [0.717, 1.165) is 24.9 Å². The highest BCUT2D eigenvalue weighted by molar-refractivity contribution is 7.09. The Morgan fingerprint density at radius 1 is 1.33 bits per heavy atom. The van der Waals surface area contributed by atoms with Gasteiger partial charge in [0.2, 0.25) is 0 Å². The molecule has 0 aliphatic heterocycles. The molecule has 0 radical (unpaired) electrons. The summed E-state index contributed by atoms with van der Waals surface area (Å²) in [5.41, 5.74) is 1.37. The van der Waals surface area contributed by atoms with Crippen LogP contribution in [-0.2, 0) is 6.42 Å². The van der Waals surface area contributed by atoms with Crippen molar-refractivity contribution in [1.29, 1.82) is 0 Å². The zero-order chi connectivity index (χ0) is 10.1. The Morgan fingerprint density at radius 2 is 2.20 bits per heavy atom. The molecule has 82 valence electrons. The molecule has 2 fully saturated rings. The largest absolute Gasteiger partial charge is 0.314 e. The van der Waals surface area contributed by atoms with Crippen molar-refractivity contribution in [2.24, 2.45) is 0 Å². The number of rotatable bonds is 5. The summed E-state index contributed by atoms with van der Waals surface area (Å²) in [6.45, 7) is 1.11. The molecule has 3 rings (SSSR count). The van der Waals surface area contributed by atoms with Crippen LogP contribution in [0.4, 0.5) is 0 Å². The first-order valence-electron chi connectivity index (χ1n) is 6.09. The zero-order valence-electron chi connectivity index (χ0n) is 9.04. The maximum absolute atomic E-state index is 4.73. The monoisotopic (exact) mass is 222 g/mol. The van der Waals surface area contributed by atoms with Gasteiger partial charge in [0.15, 0.2) is 0 Å². The van der Waals surface area contributed by atoms with Gasteiger partial charge >= 0.3 is 0 Å². The Hall–Kier alpha value is -0.410. The third-order valence-electron chi connectivity index (χ3n) is 3.44. The van der Waals surface area contributed by atoms with E-state index in [1.54, 1.807) is 0 Å². The molecule has 0 atom stereocenters. The van der Waals surface area contributed by atoms with Crippen molar-refractivity contribution in [3.8, 4) is 0 Å². The van der Waals surface area contributed by atoms with Gasteiger partial charge in [-0.3, -0.25) is 0 Å². The first kappa shape index (κ1) is 9.79. The molecule has 0 saturated heterocycles. The van der Waals surface area contributed by atoms with Gasteiger partial charge < -0.3 is 5.32 Å². The molecule has 1 N–H and O–H groups in total. The summed E-state index contributed by atoms with van der Waals surface area (Å²) in [6.07, 6.45) is 8.01. The van der Waals surface area contributed by atoms with Gasteiger partial charge in [-0.25, -0.2) is 4.98 Å². The van der Waals surface area contributed by atoms with Gasteiger partial charge in [-0.2, -0.15) is 0 Å². The summed E-state index contributed by atoms with van der Waals surface area (Å²) >= 11 is 1.85. The van der Waals surface area contributed by atoms with Crippen LogP contribution in [-0.4, -0.2) is 17.6 Å². The summed E-state index contributed by atoms with van der Waals surface area (Å²) < 4.78 is 0. The number of nitrogens with zero attached hydrogens (tertiary/aromatic N) is 1. The van der Waals surface area contributed by atoms with Gasteiger partial charge in [-0.15, -0.1) is 11.3 Å². The Kier molecular flexibility index (Phi) is 2.76. The molecule has 0 amide bonds. The van der Waals surface area contributed by atoms with Crippen molar-refractivity contribution in [3.63, 3.8) is 0 Å². The molecule has 1 heterocycles. The molecule has 3 heteroatoms. The fourth-order valence-corrected chi connectivity index (χ4v) is 2.88. The Labute approximate surface area is 95.1 Å². The zero-order valence-corrected chi connectivity index (χ0v) is 9.85. The minimum absolute atomic E-state index is 0.798. The van der Waals surface area contributed by atoms with E-state index < -0.39 is 0 Å². The molecular formula is C12H18N2S. The first-order chi connectivity index (χ1) is 7.42. The van der Waals surface area contributed by atoms with E-state index in [4.69, 9.17) is 4.98 Å². The third kappa shape index (κ3) is 2.40. The number of nitrogens with one attached hydrogen (secondary N) is 1. The van der Waals surface area contributed by atoms with Gasteiger partial charge in [0.25, 0.3) is 0 Å². The second kappa shape index (κ2) is 4.22. The lowest BCUT2D eigenvalue weighted by atomic mass is 9.83. The summed E-state index contributed by atoms with van der Waals surface area (Å²) in [5, 5.41) is 7.14. The predicted octanol–water partition coefficient (Wildman–Crippen LogP) is 2.71. The molecule has 1 aromatic rings. The van der Waals surface area contributed by atoms with Gasteiger partial charge in [-0.1, -0.05) is 6.42 Å². The highest BCUT2D eigenvalue weighted by atomic mass is 32.1. The average molecular weight is 222 g/mol. The second-order valence-corrected chi connectivity index (χ2v) is 5.71. The van der Waals surface area contributed by atoms with E-state index in [0.29, 0.717) is 0 Å². The summed E-state index contributed by atoms with van der Waals surface area (Å²) in [7, 11) is 0. The second-order valence-electron chi connectivity index (χ2n) is 4.77. The van der Waals surface area contributed by atoms with Gasteiger partial charge in [-0.05, 0) is 25.7 Å². The molecule has 2 nitrogen and oxygen atoms in total. The van der Waals surface area contributed by atoms with E-state index in [2.05, 4.69) is 10.7 Å². The molecule has 15 heavy (non-hydrogen) atoms. The lowest BCUT2D eigenvalue weighted by molar-refractivity contribution is 0.412. The Balaban J connectivity index is 1.48. The predicted molar refractivity (Wildman–Crippen MR) is 63.4 cm³/mol. The van der Waals surface area contributed by atoms with Gasteiger partial charge in [0.05, 0.1) is 10.7 Å². The highest BCUT2D eigenvalue weighted by Gasteiger charge is 2.22. The van der Waals surface area contributed by atoms with Crippen LogP contribution in [0.1, 0.15) is 48.7 Å². The van der Waals surface area contributed by atoms with E-state index in [9.17, 15) is 0 Å². The highest BCUT2D eigenvalue weighted by Crippen LogP contribution is 2.36. The van der Waals surface area contributed by atoms with E-state index in [-0.39, 0.29) is 0 Å². The Bertz CT molecular complexity index is 326. The van der Waals surface area contributed by atoms with Crippen molar-refractivity contribution in [2.45, 2.75) is 50.5 Å². The normalized spacial score (nSPS) is 21.6. The first-order valence-corrected chi connectivity index (χ1v) is 6.97. The fraction of sp³-hybridized carbons (Fsp3) is 0.750. The van der Waals surface area contributed by atoms with Crippen LogP contribution in [0, 0.1) is 0 Å². The number of hydrogen-bond acceptors (Lipinski definition) is 3. The average Bonchev–Trinajstić information content (AvgIpc) is 2.85. The van der Waals surface area contributed by atoms with Gasteiger partial charge in [0.1, 0.15) is 0 Å². The Morgan fingerprint density at radius 3 is 2.87 bits per heavy atom. The van der Waals surface area contributed by atoms with Crippen molar-refractivity contribution in [1.82, 2.24) is 10.3 Å². The maximum Gasteiger partial charge on any atom is 0.0941 e. The molecule has 0 aromatic carbocycles. The van der Waals surface area contributed by atoms with Crippen molar-refractivity contribution < 1.29 is 0 Å².